The van der Waals surface area contributed by atoms with E-state index in [0.29, 0.717) is 11.8 Å². The number of hydrogen-bond donors (Lipinski definition) is 1. The number of aryl methyl sites for hydroxylation is 2. The van der Waals surface area contributed by atoms with Crippen LogP contribution in [0.3, 0.4) is 0 Å². The van der Waals surface area contributed by atoms with Crippen molar-refractivity contribution in [3.8, 4) is 0 Å². The Hall–Kier alpha value is -0.820. The first kappa shape index (κ1) is 12.3. The van der Waals surface area contributed by atoms with Crippen LogP contribution in [0, 0.1) is 19.8 Å². The first-order chi connectivity index (χ1) is 7.04. The second-order valence-electron chi connectivity index (χ2n) is 4.87. The van der Waals surface area contributed by atoms with Gasteiger partial charge in [-0.05, 0) is 37.3 Å². The molecule has 1 rings (SSSR count). The van der Waals surface area contributed by atoms with Crippen LogP contribution in [0.1, 0.15) is 42.9 Å². The number of hydrogen-bond acceptors (Lipinski definition) is 1. The molecule has 1 aromatic rings. The van der Waals surface area contributed by atoms with Gasteiger partial charge < -0.3 is 5.11 Å². The molecule has 1 atom stereocenters. The lowest BCUT2D eigenvalue weighted by Crippen LogP contribution is -2.09. The van der Waals surface area contributed by atoms with E-state index in [2.05, 4.69) is 45.9 Å². The Morgan fingerprint density at radius 2 is 1.87 bits per heavy atom. The molecule has 0 amide bonds. The van der Waals surface area contributed by atoms with Gasteiger partial charge in [-0.3, -0.25) is 0 Å². The molecule has 0 bridgehead atoms. The van der Waals surface area contributed by atoms with E-state index in [4.69, 9.17) is 0 Å². The summed E-state index contributed by atoms with van der Waals surface area (Å²) in [5.74, 6) is 0.924. The molecule has 1 aromatic carbocycles. The van der Waals surface area contributed by atoms with Gasteiger partial charge in [0.25, 0.3) is 0 Å². The summed E-state index contributed by atoms with van der Waals surface area (Å²) >= 11 is 0. The van der Waals surface area contributed by atoms with Crippen LogP contribution in [0.2, 0.25) is 0 Å². The van der Waals surface area contributed by atoms with Crippen LogP contribution in [-0.4, -0.2) is 11.7 Å². The minimum absolute atomic E-state index is 0.252. The standard InChI is InChI=1S/C14H22O/c1-10(2)7-13(9-15)14-6-5-11(3)8-12(14)4/h5-6,8,10,13,15H,7,9H2,1-4H3. The van der Waals surface area contributed by atoms with Crippen molar-refractivity contribution in [3.63, 3.8) is 0 Å². The van der Waals surface area contributed by atoms with Gasteiger partial charge in [0.1, 0.15) is 0 Å². The fraction of sp³-hybridized carbons (Fsp3) is 0.571. The maximum Gasteiger partial charge on any atom is 0.0499 e. The molecule has 0 aliphatic rings. The molecule has 1 nitrogen and oxygen atoms in total. The Morgan fingerprint density at radius 3 is 2.33 bits per heavy atom. The van der Waals surface area contributed by atoms with Gasteiger partial charge in [0.05, 0.1) is 0 Å². The predicted octanol–water partition coefficient (Wildman–Crippen LogP) is 3.43. The molecule has 0 fully saturated rings. The molecule has 0 saturated heterocycles. The summed E-state index contributed by atoms with van der Waals surface area (Å²) in [5, 5.41) is 9.42. The maximum absolute atomic E-state index is 9.42. The van der Waals surface area contributed by atoms with Crippen LogP contribution in [0.25, 0.3) is 0 Å². The summed E-state index contributed by atoms with van der Waals surface area (Å²) in [7, 11) is 0. The average Bonchev–Trinajstić information content (AvgIpc) is 2.14. The molecule has 0 aromatic heterocycles. The van der Waals surface area contributed by atoms with Crippen molar-refractivity contribution in [2.45, 2.75) is 40.0 Å². The van der Waals surface area contributed by atoms with Crippen molar-refractivity contribution in [1.82, 2.24) is 0 Å². The zero-order chi connectivity index (χ0) is 11.4. The minimum atomic E-state index is 0.252. The molecule has 1 heteroatoms. The maximum atomic E-state index is 9.42. The highest BCUT2D eigenvalue weighted by molar-refractivity contribution is 5.33. The lowest BCUT2D eigenvalue weighted by atomic mass is 9.88. The van der Waals surface area contributed by atoms with Crippen molar-refractivity contribution >= 4 is 0 Å². The third-order valence-electron chi connectivity index (χ3n) is 2.84. The van der Waals surface area contributed by atoms with Crippen molar-refractivity contribution in [2.24, 2.45) is 5.92 Å². The summed E-state index contributed by atoms with van der Waals surface area (Å²) in [6.07, 6.45) is 1.06. The van der Waals surface area contributed by atoms with Gasteiger partial charge in [-0.25, -0.2) is 0 Å². The van der Waals surface area contributed by atoms with E-state index < -0.39 is 0 Å². The van der Waals surface area contributed by atoms with Crippen LogP contribution >= 0.6 is 0 Å². The second kappa shape index (κ2) is 5.32. The normalized spacial score (nSPS) is 13.2. The van der Waals surface area contributed by atoms with E-state index in [9.17, 15) is 5.11 Å². The van der Waals surface area contributed by atoms with Crippen LogP contribution in [0.5, 0.6) is 0 Å². The van der Waals surface area contributed by atoms with E-state index in [1.54, 1.807) is 0 Å². The Balaban J connectivity index is 2.91. The monoisotopic (exact) mass is 206 g/mol. The van der Waals surface area contributed by atoms with Crippen molar-refractivity contribution in [1.29, 1.82) is 0 Å². The Labute approximate surface area is 93.1 Å². The Kier molecular flexibility index (Phi) is 4.34. The van der Waals surface area contributed by atoms with Gasteiger partial charge in [0.15, 0.2) is 0 Å². The molecular weight excluding hydrogens is 184 g/mol. The Bertz CT molecular complexity index is 315. The van der Waals surface area contributed by atoms with Crippen molar-refractivity contribution < 1.29 is 5.11 Å². The fourth-order valence-electron chi connectivity index (χ4n) is 2.15. The summed E-state index contributed by atoms with van der Waals surface area (Å²) < 4.78 is 0. The molecule has 84 valence electrons. The molecule has 0 saturated carbocycles. The number of benzene rings is 1. The van der Waals surface area contributed by atoms with Crippen molar-refractivity contribution in [2.75, 3.05) is 6.61 Å². The first-order valence-electron chi connectivity index (χ1n) is 5.72. The first-order valence-corrected chi connectivity index (χ1v) is 5.72. The highest BCUT2D eigenvalue weighted by atomic mass is 16.3. The van der Waals surface area contributed by atoms with Gasteiger partial charge in [-0.15, -0.1) is 0 Å². The molecule has 15 heavy (non-hydrogen) atoms. The third-order valence-corrected chi connectivity index (χ3v) is 2.84. The fourth-order valence-corrected chi connectivity index (χ4v) is 2.15. The summed E-state index contributed by atoms with van der Waals surface area (Å²) in [6.45, 7) is 8.89. The second-order valence-corrected chi connectivity index (χ2v) is 4.87. The van der Waals surface area contributed by atoms with Crippen LogP contribution in [0.4, 0.5) is 0 Å². The van der Waals surface area contributed by atoms with Gasteiger partial charge in [-0.1, -0.05) is 37.6 Å². The van der Waals surface area contributed by atoms with Gasteiger partial charge in [0.2, 0.25) is 0 Å². The average molecular weight is 206 g/mol. The van der Waals surface area contributed by atoms with E-state index in [-0.39, 0.29) is 6.61 Å². The third kappa shape index (κ3) is 3.35. The molecule has 0 radical (unpaired) electrons. The number of aliphatic hydroxyl groups is 1. The molecule has 1 N–H and O–H groups in total. The molecule has 1 unspecified atom stereocenters. The van der Waals surface area contributed by atoms with Crippen LogP contribution < -0.4 is 0 Å². The number of aliphatic hydroxyl groups excluding tert-OH is 1. The van der Waals surface area contributed by atoms with Crippen molar-refractivity contribution in [3.05, 3.63) is 34.9 Å². The van der Waals surface area contributed by atoms with Crippen LogP contribution in [0.15, 0.2) is 18.2 Å². The molecule has 0 aliphatic heterocycles. The molecule has 0 heterocycles. The Morgan fingerprint density at radius 1 is 1.20 bits per heavy atom. The smallest absolute Gasteiger partial charge is 0.0499 e. The van der Waals surface area contributed by atoms with E-state index in [0.717, 1.165) is 6.42 Å². The lowest BCUT2D eigenvalue weighted by molar-refractivity contribution is 0.248. The predicted molar refractivity (Wildman–Crippen MR) is 65.2 cm³/mol. The van der Waals surface area contributed by atoms with E-state index in [1.807, 2.05) is 0 Å². The highest BCUT2D eigenvalue weighted by Crippen LogP contribution is 2.26. The minimum Gasteiger partial charge on any atom is -0.396 e. The molecular formula is C14H22O. The molecule has 0 aliphatic carbocycles. The van der Waals surface area contributed by atoms with Gasteiger partial charge >= 0.3 is 0 Å². The number of rotatable bonds is 4. The topological polar surface area (TPSA) is 20.2 Å². The zero-order valence-corrected chi connectivity index (χ0v) is 10.2. The quantitative estimate of drug-likeness (QED) is 0.800. The SMILES string of the molecule is Cc1ccc(C(CO)CC(C)C)c(C)c1. The summed E-state index contributed by atoms with van der Waals surface area (Å²) in [4.78, 5) is 0. The zero-order valence-electron chi connectivity index (χ0n) is 10.2. The van der Waals surface area contributed by atoms with E-state index >= 15 is 0 Å². The van der Waals surface area contributed by atoms with Gasteiger partial charge in [-0.2, -0.15) is 0 Å². The highest BCUT2D eigenvalue weighted by Gasteiger charge is 2.14. The molecule has 0 spiro atoms. The van der Waals surface area contributed by atoms with E-state index in [1.165, 1.54) is 16.7 Å². The van der Waals surface area contributed by atoms with Gasteiger partial charge in [0, 0.05) is 12.5 Å². The van der Waals surface area contributed by atoms with Crippen LogP contribution in [-0.2, 0) is 0 Å². The largest absolute Gasteiger partial charge is 0.396 e. The lowest BCUT2D eigenvalue weighted by Gasteiger charge is -2.19. The summed E-state index contributed by atoms with van der Waals surface area (Å²) in [6, 6.07) is 6.48. The summed E-state index contributed by atoms with van der Waals surface area (Å²) in [5.41, 5.74) is 3.89.